The number of hydrogen-bond acceptors (Lipinski definition) is 2. The summed E-state index contributed by atoms with van der Waals surface area (Å²) in [5, 5.41) is 6.25. The van der Waals surface area contributed by atoms with Crippen molar-refractivity contribution in [2.75, 3.05) is 13.1 Å². The Kier molecular flexibility index (Phi) is 2.80. The molecule has 1 fully saturated rings. The fourth-order valence-electron chi connectivity index (χ4n) is 3.04. The summed E-state index contributed by atoms with van der Waals surface area (Å²) in [5.74, 6) is 0. The van der Waals surface area contributed by atoms with Crippen LogP contribution in [0, 0.1) is 0 Å². The average molecular weight is 244 g/mol. The molecule has 2 nitrogen and oxygen atoms in total. The Hall–Kier alpha value is -1.06. The molecule has 90 valence electrons. The third kappa shape index (κ3) is 1.83. The summed E-state index contributed by atoms with van der Waals surface area (Å²) in [6.45, 7) is 4.67. The van der Waals surface area contributed by atoms with Crippen LogP contribution in [0.1, 0.15) is 29.5 Å². The summed E-state index contributed by atoms with van der Waals surface area (Å²) >= 11 is 0. The van der Waals surface area contributed by atoms with E-state index >= 15 is 0 Å². The van der Waals surface area contributed by atoms with Gasteiger partial charge in [0.2, 0.25) is 0 Å². The van der Waals surface area contributed by atoms with Gasteiger partial charge in [0.15, 0.2) is 0 Å². The van der Waals surface area contributed by atoms with E-state index in [2.05, 4.69) is 41.8 Å². The number of nitrogens with zero attached hydrogens (tertiary/aromatic N) is 1. The molecule has 0 aromatic heterocycles. The lowest BCUT2D eigenvalue weighted by molar-refractivity contribution is 0.494. The standard InChI is InChI=1S/C14H20N2Si/c1-17(15)14-10-13(16-8-4-5-9-16)11-6-2-3-7-12(11)14/h2-3,6-7,10,14,17H,4-5,8-9,15H2,1H3. The molecule has 0 spiro atoms. The molecular weight excluding hydrogens is 224 g/mol. The minimum Gasteiger partial charge on any atom is -0.371 e. The summed E-state index contributed by atoms with van der Waals surface area (Å²) in [4.78, 5) is 2.54. The third-order valence-electron chi connectivity index (χ3n) is 3.95. The molecule has 2 N–H and O–H groups in total. The molecule has 0 radical (unpaired) electrons. The van der Waals surface area contributed by atoms with Crippen molar-refractivity contribution < 1.29 is 0 Å². The number of hydrogen-bond donors (Lipinski definition) is 1. The van der Waals surface area contributed by atoms with E-state index in [1.807, 2.05) is 0 Å². The molecule has 0 saturated carbocycles. The highest BCUT2D eigenvalue weighted by atomic mass is 28.3. The number of allylic oxidation sites excluding steroid dienone is 1. The van der Waals surface area contributed by atoms with Crippen LogP contribution < -0.4 is 5.40 Å². The first-order valence-corrected chi connectivity index (χ1v) is 9.08. The number of benzene rings is 1. The van der Waals surface area contributed by atoms with Crippen molar-refractivity contribution in [1.29, 1.82) is 0 Å². The van der Waals surface area contributed by atoms with E-state index in [0.29, 0.717) is 5.54 Å². The zero-order valence-electron chi connectivity index (χ0n) is 10.4. The molecule has 2 unspecified atom stereocenters. The van der Waals surface area contributed by atoms with E-state index in [0.717, 1.165) is 0 Å². The maximum absolute atomic E-state index is 6.25. The quantitative estimate of drug-likeness (QED) is 0.807. The van der Waals surface area contributed by atoms with Gasteiger partial charge in [-0.2, -0.15) is 0 Å². The first kappa shape index (κ1) is 11.1. The maximum Gasteiger partial charge on any atom is 0.114 e. The van der Waals surface area contributed by atoms with Gasteiger partial charge in [-0.15, -0.1) is 0 Å². The van der Waals surface area contributed by atoms with E-state index < -0.39 is 8.96 Å². The molecule has 1 aromatic rings. The van der Waals surface area contributed by atoms with Crippen LogP contribution in [-0.2, 0) is 0 Å². The zero-order valence-corrected chi connectivity index (χ0v) is 11.5. The molecule has 2 atom stereocenters. The second-order valence-corrected chi connectivity index (χ2v) is 7.65. The molecule has 1 aliphatic heterocycles. The zero-order chi connectivity index (χ0) is 11.8. The normalized spacial score (nSPS) is 24.7. The largest absolute Gasteiger partial charge is 0.371 e. The van der Waals surface area contributed by atoms with E-state index in [1.54, 1.807) is 0 Å². The van der Waals surface area contributed by atoms with Crippen LogP contribution in [0.25, 0.3) is 5.70 Å². The van der Waals surface area contributed by atoms with Gasteiger partial charge in [-0.1, -0.05) is 36.9 Å². The highest BCUT2D eigenvalue weighted by Gasteiger charge is 2.29. The number of fused-ring (bicyclic) bond motifs is 1. The lowest BCUT2D eigenvalue weighted by atomic mass is 10.1. The molecule has 3 rings (SSSR count). The molecule has 1 aromatic carbocycles. The van der Waals surface area contributed by atoms with E-state index in [9.17, 15) is 0 Å². The van der Waals surface area contributed by atoms with Gasteiger partial charge in [-0.25, -0.2) is 0 Å². The smallest absolute Gasteiger partial charge is 0.114 e. The van der Waals surface area contributed by atoms with Crippen molar-refractivity contribution in [3.63, 3.8) is 0 Å². The van der Waals surface area contributed by atoms with Gasteiger partial charge in [0.05, 0.1) is 0 Å². The van der Waals surface area contributed by atoms with Crippen LogP contribution in [0.15, 0.2) is 30.3 Å². The summed E-state index contributed by atoms with van der Waals surface area (Å²) < 4.78 is 0. The minimum absolute atomic E-state index is 0.529. The second kappa shape index (κ2) is 4.31. The topological polar surface area (TPSA) is 29.3 Å². The highest BCUT2D eigenvalue weighted by Crippen LogP contribution is 2.39. The van der Waals surface area contributed by atoms with Crippen LogP contribution in [0.5, 0.6) is 0 Å². The molecule has 3 heteroatoms. The van der Waals surface area contributed by atoms with Crippen molar-refractivity contribution in [2.24, 2.45) is 5.40 Å². The minimum atomic E-state index is -1.14. The van der Waals surface area contributed by atoms with E-state index in [4.69, 9.17) is 5.40 Å². The van der Waals surface area contributed by atoms with Crippen LogP contribution in [-0.4, -0.2) is 26.9 Å². The molecule has 1 heterocycles. The second-order valence-electron chi connectivity index (χ2n) is 5.22. The molecule has 2 aliphatic rings. The van der Waals surface area contributed by atoms with Gasteiger partial charge in [0.25, 0.3) is 0 Å². The summed E-state index contributed by atoms with van der Waals surface area (Å²) in [7, 11) is -1.14. The maximum atomic E-state index is 6.25. The van der Waals surface area contributed by atoms with Gasteiger partial charge in [-0.3, -0.25) is 0 Å². The van der Waals surface area contributed by atoms with Crippen molar-refractivity contribution in [2.45, 2.75) is 24.9 Å². The fraction of sp³-hybridized carbons (Fsp3) is 0.429. The van der Waals surface area contributed by atoms with Crippen molar-refractivity contribution >= 4 is 14.7 Å². The molecule has 0 bridgehead atoms. The summed E-state index contributed by atoms with van der Waals surface area (Å²) in [6, 6.07) is 8.81. The first-order valence-electron chi connectivity index (χ1n) is 6.59. The van der Waals surface area contributed by atoms with Gasteiger partial charge < -0.3 is 10.3 Å². The Morgan fingerprint density at radius 3 is 2.65 bits per heavy atom. The monoisotopic (exact) mass is 244 g/mol. The Morgan fingerprint density at radius 2 is 1.94 bits per heavy atom. The first-order chi connectivity index (χ1) is 8.27. The van der Waals surface area contributed by atoms with Gasteiger partial charge >= 0.3 is 0 Å². The molecule has 0 amide bonds. The van der Waals surface area contributed by atoms with Gasteiger partial charge in [0, 0.05) is 29.9 Å². The Balaban J connectivity index is 2.01. The predicted molar refractivity (Wildman–Crippen MR) is 75.2 cm³/mol. The fourth-order valence-corrected chi connectivity index (χ4v) is 4.38. The van der Waals surface area contributed by atoms with Crippen molar-refractivity contribution in [1.82, 2.24) is 4.90 Å². The number of nitrogens with two attached hydrogens (primary N) is 1. The highest BCUT2D eigenvalue weighted by molar-refractivity contribution is 6.56. The Morgan fingerprint density at radius 1 is 1.24 bits per heavy atom. The molecule has 1 saturated heterocycles. The van der Waals surface area contributed by atoms with Crippen LogP contribution >= 0.6 is 0 Å². The number of rotatable bonds is 2. The molecule has 17 heavy (non-hydrogen) atoms. The van der Waals surface area contributed by atoms with Gasteiger partial charge in [0.1, 0.15) is 8.96 Å². The lowest BCUT2D eigenvalue weighted by Gasteiger charge is -2.19. The Bertz CT molecular complexity index is 447. The lowest BCUT2D eigenvalue weighted by Crippen LogP contribution is -2.28. The number of likely N-dealkylation sites (tertiary alicyclic amines) is 1. The van der Waals surface area contributed by atoms with Gasteiger partial charge in [-0.05, 0) is 18.4 Å². The van der Waals surface area contributed by atoms with Crippen LogP contribution in [0.4, 0.5) is 0 Å². The van der Waals surface area contributed by atoms with Crippen molar-refractivity contribution in [3.8, 4) is 0 Å². The predicted octanol–water partition coefficient (Wildman–Crippen LogP) is 2.07. The molecular formula is C14H20N2Si. The third-order valence-corrected chi connectivity index (χ3v) is 5.63. The SMILES string of the molecule is C[SiH](N)C1C=C(N2CCCC2)c2ccccc21. The van der Waals surface area contributed by atoms with Crippen LogP contribution in [0.3, 0.4) is 0 Å². The van der Waals surface area contributed by atoms with E-state index in [-0.39, 0.29) is 0 Å². The summed E-state index contributed by atoms with van der Waals surface area (Å²) in [6.07, 6.45) is 5.10. The molecule has 1 aliphatic carbocycles. The van der Waals surface area contributed by atoms with E-state index in [1.165, 1.54) is 42.8 Å². The Labute approximate surface area is 105 Å². The van der Waals surface area contributed by atoms with Crippen LogP contribution in [0.2, 0.25) is 6.55 Å². The summed E-state index contributed by atoms with van der Waals surface area (Å²) in [5.41, 5.74) is 4.88. The average Bonchev–Trinajstić information content (AvgIpc) is 2.95. The van der Waals surface area contributed by atoms with Crippen molar-refractivity contribution in [3.05, 3.63) is 41.5 Å².